The summed E-state index contributed by atoms with van der Waals surface area (Å²) >= 11 is 0. The highest BCUT2D eigenvalue weighted by atomic mass is 19.1. The Bertz CT molecular complexity index is 685. The van der Waals surface area contributed by atoms with E-state index >= 15 is 0 Å². The van der Waals surface area contributed by atoms with E-state index in [1.165, 1.54) is 0 Å². The standard InChI is InChI=1S/C18H22FN3O2/c19-15-8-13-10-22(16-1-2-17(23)21-18(16)24)9-12(13)7-14(15)11-3-5-20-6-4-11/h7-8,11,16,20H,1-6,9-10H2,(H,21,23,24). The Morgan fingerprint density at radius 1 is 1.04 bits per heavy atom. The van der Waals surface area contributed by atoms with Crippen molar-refractivity contribution in [1.29, 1.82) is 0 Å². The van der Waals surface area contributed by atoms with Crippen molar-refractivity contribution in [2.45, 2.75) is 50.7 Å². The normalized spacial score (nSPS) is 25.6. The molecule has 3 aliphatic rings. The fraction of sp³-hybridized carbons (Fsp3) is 0.556. The van der Waals surface area contributed by atoms with Crippen LogP contribution in [0.5, 0.6) is 0 Å². The molecule has 4 rings (SSSR count). The summed E-state index contributed by atoms with van der Waals surface area (Å²) < 4.78 is 14.6. The van der Waals surface area contributed by atoms with E-state index in [-0.39, 0.29) is 29.6 Å². The highest BCUT2D eigenvalue weighted by Crippen LogP contribution is 2.34. The number of carbonyl (C=O) groups is 2. The van der Waals surface area contributed by atoms with E-state index in [0.29, 0.717) is 25.9 Å². The molecular formula is C18H22FN3O2. The number of benzene rings is 1. The Labute approximate surface area is 140 Å². The minimum atomic E-state index is -0.291. The van der Waals surface area contributed by atoms with E-state index in [9.17, 15) is 14.0 Å². The summed E-state index contributed by atoms with van der Waals surface area (Å²) in [7, 11) is 0. The number of nitrogens with zero attached hydrogens (tertiary/aromatic N) is 1. The molecule has 1 unspecified atom stereocenters. The van der Waals surface area contributed by atoms with Gasteiger partial charge in [-0.1, -0.05) is 6.07 Å². The topological polar surface area (TPSA) is 61.4 Å². The van der Waals surface area contributed by atoms with Gasteiger partial charge in [-0.2, -0.15) is 0 Å². The number of halogens is 1. The molecule has 1 aromatic carbocycles. The number of rotatable bonds is 2. The van der Waals surface area contributed by atoms with E-state index in [1.807, 2.05) is 6.07 Å². The zero-order valence-corrected chi connectivity index (χ0v) is 13.6. The highest BCUT2D eigenvalue weighted by Gasteiger charge is 2.35. The molecule has 24 heavy (non-hydrogen) atoms. The first kappa shape index (κ1) is 15.7. The van der Waals surface area contributed by atoms with Crippen molar-refractivity contribution in [2.75, 3.05) is 13.1 Å². The van der Waals surface area contributed by atoms with Gasteiger partial charge in [-0.3, -0.25) is 19.8 Å². The second-order valence-corrected chi connectivity index (χ2v) is 7.04. The molecule has 0 aromatic heterocycles. The SMILES string of the molecule is O=C1CCC(N2Cc3cc(F)c(C4CCNCC4)cc3C2)C(=O)N1. The van der Waals surface area contributed by atoms with Gasteiger partial charge in [0.25, 0.3) is 0 Å². The van der Waals surface area contributed by atoms with Crippen molar-refractivity contribution >= 4 is 11.8 Å². The Morgan fingerprint density at radius 2 is 1.75 bits per heavy atom. The molecule has 0 radical (unpaired) electrons. The van der Waals surface area contributed by atoms with Crippen LogP contribution in [0.15, 0.2) is 12.1 Å². The second kappa shape index (κ2) is 6.26. The van der Waals surface area contributed by atoms with E-state index in [0.717, 1.165) is 42.6 Å². The molecule has 2 N–H and O–H groups in total. The summed E-state index contributed by atoms with van der Waals surface area (Å²) in [6.45, 7) is 3.10. The summed E-state index contributed by atoms with van der Waals surface area (Å²) in [5, 5.41) is 5.72. The van der Waals surface area contributed by atoms with E-state index in [4.69, 9.17) is 0 Å². The number of hydrogen-bond acceptors (Lipinski definition) is 4. The number of piperidine rings is 2. The van der Waals surface area contributed by atoms with Crippen LogP contribution in [-0.2, 0) is 22.7 Å². The predicted octanol–water partition coefficient (Wildman–Crippen LogP) is 1.41. The fourth-order valence-corrected chi connectivity index (χ4v) is 4.16. The van der Waals surface area contributed by atoms with Gasteiger partial charge in [-0.15, -0.1) is 0 Å². The van der Waals surface area contributed by atoms with Crippen LogP contribution in [0.2, 0.25) is 0 Å². The lowest BCUT2D eigenvalue weighted by molar-refractivity contribution is -0.137. The van der Waals surface area contributed by atoms with Gasteiger partial charge in [0.2, 0.25) is 11.8 Å². The third-order valence-electron chi connectivity index (χ3n) is 5.50. The fourth-order valence-electron chi connectivity index (χ4n) is 4.16. The largest absolute Gasteiger partial charge is 0.317 e. The van der Waals surface area contributed by atoms with Gasteiger partial charge in [0.15, 0.2) is 0 Å². The van der Waals surface area contributed by atoms with Crippen LogP contribution in [0.25, 0.3) is 0 Å². The maximum atomic E-state index is 14.6. The molecule has 0 saturated carbocycles. The van der Waals surface area contributed by atoms with Crippen LogP contribution in [-0.4, -0.2) is 35.8 Å². The zero-order valence-electron chi connectivity index (χ0n) is 13.6. The number of imide groups is 1. The molecule has 5 nitrogen and oxygen atoms in total. The monoisotopic (exact) mass is 331 g/mol. The maximum Gasteiger partial charge on any atom is 0.243 e. The summed E-state index contributed by atoms with van der Waals surface area (Å²) in [5.41, 5.74) is 2.91. The highest BCUT2D eigenvalue weighted by molar-refractivity contribution is 6.00. The van der Waals surface area contributed by atoms with Crippen molar-refractivity contribution in [1.82, 2.24) is 15.5 Å². The first-order chi connectivity index (χ1) is 11.6. The lowest BCUT2D eigenvalue weighted by Crippen LogP contribution is -2.50. The van der Waals surface area contributed by atoms with Gasteiger partial charge in [-0.05, 0) is 61.0 Å². The first-order valence-electron chi connectivity index (χ1n) is 8.71. The first-order valence-corrected chi connectivity index (χ1v) is 8.71. The summed E-state index contributed by atoms with van der Waals surface area (Å²) in [6.07, 6.45) is 2.85. The molecule has 3 aliphatic heterocycles. The molecule has 1 atom stereocenters. The summed E-state index contributed by atoms with van der Waals surface area (Å²) in [5.74, 6) is -0.266. The van der Waals surface area contributed by atoms with Gasteiger partial charge in [0, 0.05) is 19.5 Å². The van der Waals surface area contributed by atoms with E-state index in [1.54, 1.807) is 6.07 Å². The molecule has 2 amide bonds. The van der Waals surface area contributed by atoms with Crippen LogP contribution in [0, 0.1) is 5.82 Å². The summed E-state index contributed by atoms with van der Waals surface area (Å²) in [6, 6.07) is 3.37. The molecule has 2 saturated heterocycles. The predicted molar refractivity (Wildman–Crippen MR) is 86.7 cm³/mol. The molecular weight excluding hydrogens is 309 g/mol. The Morgan fingerprint density at radius 3 is 2.46 bits per heavy atom. The number of amides is 2. The van der Waals surface area contributed by atoms with Gasteiger partial charge >= 0.3 is 0 Å². The van der Waals surface area contributed by atoms with Crippen molar-refractivity contribution in [3.8, 4) is 0 Å². The van der Waals surface area contributed by atoms with Crippen molar-refractivity contribution in [3.63, 3.8) is 0 Å². The third kappa shape index (κ3) is 2.84. The average molecular weight is 331 g/mol. The molecule has 0 bridgehead atoms. The number of nitrogens with one attached hydrogen (secondary N) is 2. The van der Waals surface area contributed by atoms with Crippen molar-refractivity contribution < 1.29 is 14.0 Å². The maximum absolute atomic E-state index is 14.6. The second-order valence-electron chi connectivity index (χ2n) is 7.04. The zero-order chi connectivity index (χ0) is 16.7. The van der Waals surface area contributed by atoms with E-state index < -0.39 is 0 Å². The average Bonchev–Trinajstić information content (AvgIpc) is 2.97. The number of carbonyl (C=O) groups excluding carboxylic acids is 2. The Kier molecular flexibility index (Phi) is 4.10. The molecule has 3 heterocycles. The van der Waals surface area contributed by atoms with Crippen LogP contribution in [0.3, 0.4) is 0 Å². The third-order valence-corrected chi connectivity index (χ3v) is 5.50. The molecule has 0 spiro atoms. The molecule has 2 fully saturated rings. The van der Waals surface area contributed by atoms with Crippen LogP contribution in [0.4, 0.5) is 4.39 Å². The quantitative estimate of drug-likeness (QED) is 0.805. The molecule has 0 aliphatic carbocycles. The van der Waals surface area contributed by atoms with Crippen LogP contribution >= 0.6 is 0 Å². The van der Waals surface area contributed by atoms with Crippen LogP contribution in [0.1, 0.15) is 48.3 Å². The minimum Gasteiger partial charge on any atom is -0.317 e. The summed E-state index contributed by atoms with van der Waals surface area (Å²) in [4.78, 5) is 25.4. The molecule has 1 aromatic rings. The lowest BCUT2D eigenvalue weighted by atomic mass is 9.88. The lowest BCUT2D eigenvalue weighted by Gasteiger charge is -2.29. The van der Waals surface area contributed by atoms with Gasteiger partial charge < -0.3 is 5.32 Å². The molecule has 6 heteroatoms. The van der Waals surface area contributed by atoms with Crippen LogP contribution < -0.4 is 10.6 Å². The smallest absolute Gasteiger partial charge is 0.243 e. The minimum absolute atomic E-state index is 0.120. The van der Waals surface area contributed by atoms with Gasteiger partial charge in [0.1, 0.15) is 5.82 Å². The Balaban J connectivity index is 1.54. The van der Waals surface area contributed by atoms with E-state index in [2.05, 4.69) is 15.5 Å². The van der Waals surface area contributed by atoms with Gasteiger partial charge in [0.05, 0.1) is 6.04 Å². The Hall–Kier alpha value is -1.79. The van der Waals surface area contributed by atoms with Gasteiger partial charge in [-0.25, -0.2) is 4.39 Å². The molecule has 128 valence electrons. The van der Waals surface area contributed by atoms with Crippen molar-refractivity contribution in [3.05, 3.63) is 34.6 Å². The number of fused-ring (bicyclic) bond motifs is 1. The van der Waals surface area contributed by atoms with Crippen molar-refractivity contribution in [2.24, 2.45) is 0 Å². The number of hydrogen-bond donors (Lipinski definition) is 2.